The molecule has 2 aromatic rings. The van der Waals surface area contributed by atoms with Crippen molar-refractivity contribution < 1.29 is 9.94 Å². The molecule has 0 amide bonds. The number of methoxy groups -OCH3 is 1. The van der Waals surface area contributed by atoms with Gasteiger partial charge >= 0.3 is 0 Å². The van der Waals surface area contributed by atoms with Gasteiger partial charge in [0.2, 0.25) is 0 Å². The molecule has 0 saturated carbocycles. The molecular weight excluding hydrogens is 266 g/mol. The molecule has 0 bridgehead atoms. The number of rotatable bonds is 6. The minimum atomic E-state index is 0.109. The third kappa shape index (κ3) is 3.73. The van der Waals surface area contributed by atoms with Gasteiger partial charge in [-0.1, -0.05) is 47.6 Å². The summed E-state index contributed by atoms with van der Waals surface area (Å²) in [6.07, 6.45) is 0. The Morgan fingerprint density at radius 1 is 1.14 bits per heavy atom. The van der Waals surface area contributed by atoms with Crippen LogP contribution in [0.15, 0.2) is 53.7 Å². The average molecular weight is 285 g/mol. The van der Waals surface area contributed by atoms with E-state index in [1.54, 1.807) is 7.11 Å². The summed E-state index contributed by atoms with van der Waals surface area (Å²) < 4.78 is 5.19. The molecule has 5 heteroatoms. The summed E-state index contributed by atoms with van der Waals surface area (Å²) in [5.74, 6) is 0.109. The Kier molecular flexibility index (Phi) is 5.17. The molecule has 21 heavy (non-hydrogen) atoms. The largest absolute Gasteiger partial charge is 0.409 e. The number of benzene rings is 2. The van der Waals surface area contributed by atoms with Crippen LogP contribution in [-0.2, 0) is 17.9 Å². The van der Waals surface area contributed by atoms with Crippen molar-refractivity contribution in [1.29, 1.82) is 0 Å². The number of nitrogens with one attached hydrogen (secondary N) is 1. The lowest BCUT2D eigenvalue weighted by atomic mass is 10.1. The number of amidine groups is 1. The quantitative estimate of drug-likeness (QED) is 0.330. The van der Waals surface area contributed by atoms with Crippen LogP contribution in [0.4, 0.5) is 5.69 Å². The molecule has 0 saturated heterocycles. The maximum Gasteiger partial charge on any atom is 0.170 e. The Hall–Kier alpha value is -2.53. The SMILES string of the molecule is COCc1ccccc1NCc1ccccc1C(N)=NO. The smallest absolute Gasteiger partial charge is 0.170 e. The van der Waals surface area contributed by atoms with E-state index in [0.29, 0.717) is 13.2 Å². The third-order valence-corrected chi connectivity index (χ3v) is 3.19. The predicted octanol–water partition coefficient (Wildman–Crippen LogP) is 2.54. The first-order valence-electron chi connectivity index (χ1n) is 6.62. The molecule has 2 rings (SSSR count). The van der Waals surface area contributed by atoms with Crippen LogP contribution in [0.1, 0.15) is 16.7 Å². The van der Waals surface area contributed by atoms with E-state index < -0.39 is 0 Å². The van der Waals surface area contributed by atoms with Gasteiger partial charge in [0.25, 0.3) is 0 Å². The van der Waals surface area contributed by atoms with Gasteiger partial charge in [0.05, 0.1) is 6.61 Å². The molecule has 0 atom stereocenters. The molecule has 0 aromatic heterocycles. The fourth-order valence-electron chi connectivity index (χ4n) is 2.14. The van der Waals surface area contributed by atoms with E-state index in [1.165, 1.54) is 0 Å². The van der Waals surface area contributed by atoms with Crippen LogP contribution in [0, 0.1) is 0 Å². The molecule has 0 aliphatic heterocycles. The van der Waals surface area contributed by atoms with Crippen LogP contribution in [0.25, 0.3) is 0 Å². The van der Waals surface area contributed by atoms with Crippen molar-refractivity contribution in [3.63, 3.8) is 0 Å². The lowest BCUT2D eigenvalue weighted by molar-refractivity contribution is 0.185. The molecule has 110 valence electrons. The van der Waals surface area contributed by atoms with Gasteiger partial charge < -0.3 is 21.0 Å². The Labute approximate surface area is 124 Å². The van der Waals surface area contributed by atoms with Crippen LogP contribution < -0.4 is 11.1 Å². The zero-order valence-electron chi connectivity index (χ0n) is 11.9. The fraction of sp³-hybridized carbons (Fsp3) is 0.188. The molecule has 0 radical (unpaired) electrons. The number of oxime groups is 1. The van der Waals surface area contributed by atoms with Crippen molar-refractivity contribution in [3.8, 4) is 0 Å². The van der Waals surface area contributed by atoms with Crippen molar-refractivity contribution in [1.82, 2.24) is 0 Å². The standard InChI is InChI=1S/C16H19N3O2/c1-21-11-13-7-3-5-9-15(13)18-10-12-6-2-4-8-14(12)16(17)19-20/h2-9,18,20H,10-11H2,1H3,(H2,17,19). The van der Waals surface area contributed by atoms with Crippen molar-refractivity contribution >= 4 is 11.5 Å². The zero-order valence-corrected chi connectivity index (χ0v) is 11.9. The second kappa shape index (κ2) is 7.31. The normalized spacial score (nSPS) is 11.4. The molecular formula is C16H19N3O2. The summed E-state index contributed by atoms with van der Waals surface area (Å²) in [5.41, 5.74) is 9.46. The van der Waals surface area contributed by atoms with Crippen LogP contribution in [0.5, 0.6) is 0 Å². The van der Waals surface area contributed by atoms with Crippen molar-refractivity contribution in [2.24, 2.45) is 10.9 Å². The number of para-hydroxylation sites is 1. The Morgan fingerprint density at radius 2 is 1.81 bits per heavy atom. The monoisotopic (exact) mass is 285 g/mol. The van der Waals surface area contributed by atoms with Crippen molar-refractivity contribution in [2.75, 3.05) is 12.4 Å². The summed E-state index contributed by atoms with van der Waals surface area (Å²) in [6.45, 7) is 1.12. The number of hydrogen-bond donors (Lipinski definition) is 3. The van der Waals surface area contributed by atoms with E-state index in [2.05, 4.69) is 10.5 Å². The molecule has 4 N–H and O–H groups in total. The topological polar surface area (TPSA) is 79.9 Å². The molecule has 2 aromatic carbocycles. The minimum Gasteiger partial charge on any atom is -0.409 e. The molecule has 5 nitrogen and oxygen atoms in total. The average Bonchev–Trinajstić information content (AvgIpc) is 2.54. The van der Waals surface area contributed by atoms with Crippen LogP contribution >= 0.6 is 0 Å². The lowest BCUT2D eigenvalue weighted by Gasteiger charge is -2.13. The zero-order chi connectivity index (χ0) is 15.1. The van der Waals surface area contributed by atoms with Gasteiger partial charge in [-0.15, -0.1) is 0 Å². The van der Waals surface area contributed by atoms with E-state index in [9.17, 15) is 0 Å². The highest BCUT2D eigenvalue weighted by Gasteiger charge is 2.07. The number of nitrogens with two attached hydrogens (primary N) is 1. The van der Waals surface area contributed by atoms with E-state index in [0.717, 1.165) is 22.4 Å². The molecule has 0 aliphatic rings. The Bertz CT molecular complexity index is 626. The lowest BCUT2D eigenvalue weighted by Crippen LogP contribution is -2.17. The second-order valence-electron chi connectivity index (χ2n) is 4.59. The summed E-state index contributed by atoms with van der Waals surface area (Å²) in [6, 6.07) is 15.5. The first-order chi connectivity index (χ1) is 10.3. The minimum absolute atomic E-state index is 0.109. The number of ether oxygens (including phenoxy) is 1. The van der Waals surface area contributed by atoms with Crippen LogP contribution in [0.2, 0.25) is 0 Å². The summed E-state index contributed by atoms with van der Waals surface area (Å²) in [4.78, 5) is 0. The van der Waals surface area contributed by atoms with Gasteiger partial charge in [-0.05, 0) is 11.6 Å². The first-order valence-corrected chi connectivity index (χ1v) is 6.62. The predicted molar refractivity (Wildman–Crippen MR) is 83.4 cm³/mol. The van der Waals surface area contributed by atoms with E-state index in [4.69, 9.17) is 15.7 Å². The fourth-order valence-corrected chi connectivity index (χ4v) is 2.14. The van der Waals surface area contributed by atoms with E-state index in [-0.39, 0.29) is 5.84 Å². The number of nitrogens with zero attached hydrogens (tertiary/aromatic N) is 1. The highest BCUT2D eigenvalue weighted by molar-refractivity contribution is 5.98. The van der Waals surface area contributed by atoms with Crippen LogP contribution in [0.3, 0.4) is 0 Å². The van der Waals surface area contributed by atoms with Gasteiger partial charge in [0, 0.05) is 30.5 Å². The van der Waals surface area contributed by atoms with E-state index >= 15 is 0 Å². The Morgan fingerprint density at radius 3 is 2.52 bits per heavy atom. The van der Waals surface area contributed by atoms with Gasteiger partial charge in [0.1, 0.15) is 0 Å². The van der Waals surface area contributed by atoms with Gasteiger partial charge in [-0.3, -0.25) is 0 Å². The summed E-state index contributed by atoms with van der Waals surface area (Å²) in [5, 5.41) is 15.3. The third-order valence-electron chi connectivity index (χ3n) is 3.19. The molecule has 0 spiro atoms. The maximum atomic E-state index is 8.84. The van der Waals surface area contributed by atoms with Gasteiger partial charge in [-0.2, -0.15) is 0 Å². The maximum absolute atomic E-state index is 8.84. The highest BCUT2D eigenvalue weighted by Crippen LogP contribution is 2.18. The second-order valence-corrected chi connectivity index (χ2v) is 4.59. The van der Waals surface area contributed by atoms with Crippen molar-refractivity contribution in [3.05, 3.63) is 65.2 Å². The molecule has 0 fully saturated rings. The van der Waals surface area contributed by atoms with Gasteiger partial charge in [0.15, 0.2) is 5.84 Å². The summed E-state index contributed by atoms with van der Waals surface area (Å²) in [7, 11) is 1.67. The number of anilines is 1. The van der Waals surface area contributed by atoms with E-state index in [1.807, 2.05) is 48.5 Å². The Balaban J connectivity index is 2.17. The molecule has 0 unspecified atom stereocenters. The van der Waals surface area contributed by atoms with Crippen LogP contribution in [-0.4, -0.2) is 18.2 Å². The molecule has 0 heterocycles. The first kappa shape index (κ1) is 14.9. The molecule has 0 aliphatic carbocycles. The van der Waals surface area contributed by atoms with Gasteiger partial charge in [-0.25, -0.2) is 0 Å². The van der Waals surface area contributed by atoms with Crippen molar-refractivity contribution in [2.45, 2.75) is 13.2 Å². The highest BCUT2D eigenvalue weighted by atomic mass is 16.5. The number of hydrogen-bond acceptors (Lipinski definition) is 4. The summed E-state index contributed by atoms with van der Waals surface area (Å²) >= 11 is 0.